The Hall–Kier alpha value is -3.84. The van der Waals surface area contributed by atoms with Crippen LogP contribution in [0.4, 0.5) is 11.4 Å². The molecule has 0 spiro atoms. The Bertz CT molecular complexity index is 1460. The molecule has 154 valence electrons. The highest BCUT2D eigenvalue weighted by atomic mass is 14.9. The van der Waals surface area contributed by atoms with Crippen LogP contribution in [0.15, 0.2) is 109 Å². The smallest absolute Gasteiger partial charge is 0.0390 e. The first-order valence-corrected chi connectivity index (χ1v) is 11.2. The van der Waals surface area contributed by atoms with Gasteiger partial charge in [-0.1, -0.05) is 92.7 Å². The van der Waals surface area contributed by atoms with Crippen molar-refractivity contribution in [1.29, 1.82) is 0 Å². The Morgan fingerprint density at radius 3 is 2.03 bits per heavy atom. The molecule has 32 heavy (non-hydrogen) atoms. The van der Waals surface area contributed by atoms with Gasteiger partial charge in [0.1, 0.15) is 0 Å². The Morgan fingerprint density at radius 2 is 1.16 bits per heavy atom. The first-order chi connectivity index (χ1) is 15.6. The molecule has 0 amide bonds. The highest BCUT2D eigenvalue weighted by Gasteiger charge is 2.35. The monoisotopic (exact) mass is 411 g/mol. The zero-order chi connectivity index (χ0) is 21.7. The number of hydrogen-bond donors (Lipinski definition) is 1. The average Bonchev–Trinajstić information content (AvgIpc) is 3.06. The molecule has 0 fully saturated rings. The van der Waals surface area contributed by atoms with E-state index >= 15 is 0 Å². The quantitative estimate of drug-likeness (QED) is 0.313. The van der Waals surface area contributed by atoms with Crippen LogP contribution in [-0.4, -0.2) is 0 Å². The molecule has 1 N–H and O–H groups in total. The standard InChI is InChI=1S/C31H25N/c1-31(2)29-11-7-6-10-27(29)28-17-16-26(20-30(28)31)32-25-15-14-23-18-22(12-13-24(23)19-25)21-8-4-3-5-9-21/h3-20,32H,1-2H3. The zero-order valence-corrected chi connectivity index (χ0v) is 18.4. The molecule has 1 aliphatic carbocycles. The zero-order valence-electron chi connectivity index (χ0n) is 18.4. The van der Waals surface area contributed by atoms with Gasteiger partial charge in [0, 0.05) is 16.8 Å². The summed E-state index contributed by atoms with van der Waals surface area (Å²) in [5.74, 6) is 0. The summed E-state index contributed by atoms with van der Waals surface area (Å²) in [7, 11) is 0. The van der Waals surface area contributed by atoms with Gasteiger partial charge in [-0.25, -0.2) is 0 Å². The van der Waals surface area contributed by atoms with Crippen LogP contribution in [0.2, 0.25) is 0 Å². The molecule has 0 aromatic heterocycles. The SMILES string of the molecule is CC1(C)c2ccccc2-c2ccc(Nc3ccc4cc(-c5ccccc5)ccc4c3)cc21. The van der Waals surface area contributed by atoms with Gasteiger partial charge < -0.3 is 5.32 Å². The third kappa shape index (κ3) is 3.01. The van der Waals surface area contributed by atoms with Crippen LogP contribution in [-0.2, 0) is 5.41 Å². The van der Waals surface area contributed by atoms with E-state index in [1.54, 1.807) is 0 Å². The van der Waals surface area contributed by atoms with Gasteiger partial charge in [-0.15, -0.1) is 0 Å². The van der Waals surface area contributed by atoms with E-state index < -0.39 is 0 Å². The van der Waals surface area contributed by atoms with E-state index in [1.807, 2.05) is 0 Å². The number of anilines is 2. The van der Waals surface area contributed by atoms with Gasteiger partial charge in [-0.2, -0.15) is 0 Å². The number of nitrogens with one attached hydrogen (secondary N) is 1. The molecule has 1 nitrogen and oxygen atoms in total. The van der Waals surface area contributed by atoms with Gasteiger partial charge in [0.15, 0.2) is 0 Å². The predicted octanol–water partition coefficient (Wildman–Crippen LogP) is 8.56. The average molecular weight is 412 g/mol. The molecule has 0 saturated carbocycles. The lowest BCUT2D eigenvalue weighted by Crippen LogP contribution is -2.15. The van der Waals surface area contributed by atoms with E-state index in [0.29, 0.717) is 0 Å². The van der Waals surface area contributed by atoms with Crippen LogP contribution in [0, 0.1) is 0 Å². The molecule has 5 aromatic carbocycles. The molecule has 0 aliphatic heterocycles. The molecule has 0 heterocycles. The first-order valence-electron chi connectivity index (χ1n) is 11.2. The summed E-state index contributed by atoms with van der Waals surface area (Å²) >= 11 is 0. The van der Waals surface area contributed by atoms with Crippen molar-refractivity contribution in [2.24, 2.45) is 0 Å². The molecule has 0 radical (unpaired) electrons. The van der Waals surface area contributed by atoms with Crippen molar-refractivity contribution in [3.63, 3.8) is 0 Å². The third-order valence-electron chi connectivity index (χ3n) is 6.82. The minimum Gasteiger partial charge on any atom is -0.355 e. The summed E-state index contributed by atoms with van der Waals surface area (Å²) in [6.45, 7) is 4.64. The molecular weight excluding hydrogens is 386 g/mol. The minimum atomic E-state index is 0.0147. The first kappa shape index (κ1) is 18.9. The highest BCUT2D eigenvalue weighted by Crippen LogP contribution is 2.49. The molecule has 0 bridgehead atoms. The second-order valence-electron chi connectivity index (χ2n) is 9.20. The number of benzene rings is 5. The fraction of sp³-hybridized carbons (Fsp3) is 0.0968. The van der Waals surface area contributed by atoms with Gasteiger partial charge >= 0.3 is 0 Å². The lowest BCUT2D eigenvalue weighted by Gasteiger charge is -2.22. The van der Waals surface area contributed by atoms with Crippen molar-refractivity contribution >= 4 is 22.1 Å². The Labute approximate surface area is 189 Å². The molecule has 0 saturated heterocycles. The van der Waals surface area contributed by atoms with Gasteiger partial charge in [0.05, 0.1) is 0 Å². The van der Waals surface area contributed by atoms with Crippen molar-refractivity contribution in [2.75, 3.05) is 5.32 Å². The maximum atomic E-state index is 3.64. The predicted molar refractivity (Wildman–Crippen MR) is 137 cm³/mol. The number of hydrogen-bond acceptors (Lipinski definition) is 1. The summed E-state index contributed by atoms with van der Waals surface area (Å²) < 4.78 is 0. The van der Waals surface area contributed by atoms with E-state index in [0.717, 1.165) is 11.4 Å². The summed E-state index contributed by atoms with van der Waals surface area (Å²) in [5.41, 5.74) is 10.3. The molecule has 0 atom stereocenters. The topological polar surface area (TPSA) is 12.0 Å². The summed E-state index contributed by atoms with van der Waals surface area (Å²) in [5, 5.41) is 6.13. The molecule has 1 aliphatic rings. The second-order valence-corrected chi connectivity index (χ2v) is 9.20. The minimum absolute atomic E-state index is 0.0147. The van der Waals surface area contributed by atoms with Crippen LogP contribution in [0.5, 0.6) is 0 Å². The third-order valence-corrected chi connectivity index (χ3v) is 6.82. The largest absolute Gasteiger partial charge is 0.355 e. The summed E-state index contributed by atoms with van der Waals surface area (Å²) in [6.07, 6.45) is 0. The fourth-order valence-corrected chi connectivity index (χ4v) is 5.08. The summed E-state index contributed by atoms with van der Waals surface area (Å²) in [4.78, 5) is 0. The normalized spacial score (nSPS) is 13.6. The van der Waals surface area contributed by atoms with Crippen molar-refractivity contribution in [3.05, 3.63) is 120 Å². The summed E-state index contributed by atoms with van der Waals surface area (Å²) in [6, 6.07) is 39.4. The van der Waals surface area contributed by atoms with Gasteiger partial charge in [-0.3, -0.25) is 0 Å². The molecule has 0 unspecified atom stereocenters. The second kappa shape index (κ2) is 7.10. The molecular formula is C31H25N. The van der Waals surface area contributed by atoms with Crippen molar-refractivity contribution in [1.82, 2.24) is 0 Å². The lowest BCUT2D eigenvalue weighted by molar-refractivity contribution is 0.660. The van der Waals surface area contributed by atoms with Crippen LogP contribution in [0.25, 0.3) is 33.0 Å². The van der Waals surface area contributed by atoms with E-state index in [1.165, 1.54) is 44.2 Å². The Kier molecular flexibility index (Phi) is 4.19. The maximum Gasteiger partial charge on any atom is 0.0390 e. The van der Waals surface area contributed by atoms with Crippen LogP contribution in [0.3, 0.4) is 0 Å². The maximum absolute atomic E-state index is 3.64. The van der Waals surface area contributed by atoms with Crippen molar-refractivity contribution in [3.8, 4) is 22.3 Å². The van der Waals surface area contributed by atoms with Crippen molar-refractivity contribution in [2.45, 2.75) is 19.3 Å². The van der Waals surface area contributed by atoms with Crippen LogP contribution >= 0.6 is 0 Å². The highest BCUT2D eigenvalue weighted by molar-refractivity contribution is 5.90. The van der Waals surface area contributed by atoms with Crippen LogP contribution in [0.1, 0.15) is 25.0 Å². The molecule has 5 aromatic rings. The molecule has 6 rings (SSSR count). The number of fused-ring (bicyclic) bond motifs is 4. The molecule has 1 heteroatoms. The van der Waals surface area contributed by atoms with Crippen molar-refractivity contribution < 1.29 is 0 Å². The Morgan fingerprint density at radius 1 is 0.500 bits per heavy atom. The van der Waals surface area contributed by atoms with Gasteiger partial charge in [0.25, 0.3) is 0 Å². The fourth-order valence-electron chi connectivity index (χ4n) is 5.08. The van der Waals surface area contributed by atoms with E-state index in [9.17, 15) is 0 Å². The van der Waals surface area contributed by atoms with E-state index in [2.05, 4.69) is 128 Å². The van der Waals surface area contributed by atoms with E-state index in [4.69, 9.17) is 0 Å². The Balaban J connectivity index is 1.32. The lowest BCUT2D eigenvalue weighted by atomic mass is 9.82. The number of rotatable bonds is 3. The van der Waals surface area contributed by atoms with Crippen LogP contribution < -0.4 is 5.32 Å². The van der Waals surface area contributed by atoms with Gasteiger partial charge in [0.2, 0.25) is 0 Å². The van der Waals surface area contributed by atoms with Gasteiger partial charge in [-0.05, 0) is 74.5 Å². The van der Waals surface area contributed by atoms with E-state index in [-0.39, 0.29) is 5.41 Å².